The zero-order valence-corrected chi connectivity index (χ0v) is 13.4. The van der Waals surface area contributed by atoms with Crippen molar-refractivity contribution in [2.24, 2.45) is 0 Å². The van der Waals surface area contributed by atoms with Crippen molar-refractivity contribution < 1.29 is 14.3 Å². The van der Waals surface area contributed by atoms with Gasteiger partial charge < -0.3 is 9.47 Å². The van der Waals surface area contributed by atoms with E-state index in [1.165, 1.54) is 31.9 Å². The van der Waals surface area contributed by atoms with Gasteiger partial charge in [-0.2, -0.15) is 0 Å². The van der Waals surface area contributed by atoms with Gasteiger partial charge in [0.05, 0.1) is 24.3 Å². The van der Waals surface area contributed by atoms with Crippen LogP contribution in [0.4, 0.5) is 0 Å². The highest BCUT2D eigenvalue weighted by molar-refractivity contribution is 6.38. The second-order valence-electron chi connectivity index (χ2n) is 5.43. The Hall–Kier alpha value is -1.81. The zero-order chi connectivity index (χ0) is 15.7. The predicted molar refractivity (Wildman–Crippen MR) is 85.9 cm³/mol. The topological polar surface area (TPSA) is 48.4 Å². The SMILES string of the molecule is CCOC(=O)c1c(OC)nc2cc(C3CCC3)ccc2c1Cl. The summed E-state index contributed by atoms with van der Waals surface area (Å²) in [4.78, 5) is 16.5. The third kappa shape index (κ3) is 2.52. The zero-order valence-electron chi connectivity index (χ0n) is 12.7. The molecule has 1 aromatic heterocycles. The lowest BCUT2D eigenvalue weighted by atomic mass is 9.80. The van der Waals surface area contributed by atoms with E-state index in [9.17, 15) is 4.79 Å². The highest BCUT2D eigenvalue weighted by Gasteiger charge is 2.24. The van der Waals surface area contributed by atoms with Crippen molar-refractivity contribution in [1.82, 2.24) is 4.98 Å². The second-order valence-corrected chi connectivity index (χ2v) is 5.81. The van der Waals surface area contributed by atoms with E-state index >= 15 is 0 Å². The van der Waals surface area contributed by atoms with Crippen molar-refractivity contribution in [2.75, 3.05) is 13.7 Å². The van der Waals surface area contributed by atoms with Crippen LogP contribution in [0, 0.1) is 0 Å². The summed E-state index contributed by atoms with van der Waals surface area (Å²) in [6.45, 7) is 2.02. The van der Waals surface area contributed by atoms with Crippen molar-refractivity contribution in [1.29, 1.82) is 0 Å². The normalized spacial score (nSPS) is 14.7. The lowest BCUT2D eigenvalue weighted by Gasteiger charge is -2.26. The molecule has 1 saturated carbocycles. The van der Waals surface area contributed by atoms with Gasteiger partial charge in [-0.05, 0) is 37.3 Å². The number of esters is 1. The molecule has 0 atom stereocenters. The van der Waals surface area contributed by atoms with Gasteiger partial charge in [0.25, 0.3) is 0 Å². The quantitative estimate of drug-likeness (QED) is 0.786. The Morgan fingerprint density at radius 2 is 2.18 bits per heavy atom. The summed E-state index contributed by atoms with van der Waals surface area (Å²) in [5.74, 6) is 0.309. The van der Waals surface area contributed by atoms with Gasteiger partial charge in [-0.25, -0.2) is 9.78 Å². The minimum atomic E-state index is -0.512. The van der Waals surface area contributed by atoms with Crippen molar-refractivity contribution >= 4 is 28.5 Å². The van der Waals surface area contributed by atoms with Gasteiger partial charge in [0.15, 0.2) is 0 Å². The molecule has 1 aromatic carbocycles. The third-order valence-electron chi connectivity index (χ3n) is 4.16. The molecule has 0 N–H and O–H groups in total. The highest BCUT2D eigenvalue weighted by atomic mass is 35.5. The van der Waals surface area contributed by atoms with Crippen LogP contribution >= 0.6 is 11.6 Å². The number of hydrogen-bond acceptors (Lipinski definition) is 4. The summed E-state index contributed by atoms with van der Waals surface area (Å²) >= 11 is 6.42. The average Bonchev–Trinajstić information content (AvgIpc) is 2.45. The number of fused-ring (bicyclic) bond motifs is 1. The highest BCUT2D eigenvalue weighted by Crippen LogP contribution is 2.39. The molecule has 0 unspecified atom stereocenters. The van der Waals surface area contributed by atoms with Crippen LogP contribution in [0.3, 0.4) is 0 Å². The Morgan fingerprint density at radius 3 is 2.77 bits per heavy atom. The molecule has 5 heteroatoms. The summed E-state index contributed by atoms with van der Waals surface area (Å²) in [7, 11) is 1.48. The van der Waals surface area contributed by atoms with Crippen LogP contribution in [0.15, 0.2) is 18.2 Å². The number of benzene rings is 1. The first-order chi connectivity index (χ1) is 10.7. The third-order valence-corrected chi connectivity index (χ3v) is 4.56. The van der Waals surface area contributed by atoms with Crippen LogP contribution in [0.2, 0.25) is 5.02 Å². The molecule has 0 saturated heterocycles. The minimum absolute atomic E-state index is 0.190. The summed E-state index contributed by atoms with van der Waals surface area (Å²) in [5.41, 5.74) is 2.21. The molecule has 1 aliphatic carbocycles. The summed E-state index contributed by atoms with van der Waals surface area (Å²) in [6, 6.07) is 6.05. The molecule has 3 rings (SSSR count). The lowest BCUT2D eigenvalue weighted by Crippen LogP contribution is -2.10. The number of pyridine rings is 1. The molecular formula is C17H18ClNO3. The molecule has 22 heavy (non-hydrogen) atoms. The van der Waals surface area contributed by atoms with E-state index in [-0.39, 0.29) is 18.1 Å². The predicted octanol–water partition coefficient (Wildman–Crippen LogP) is 4.34. The number of rotatable bonds is 4. The Kier molecular flexibility index (Phi) is 4.21. The molecule has 0 amide bonds. The molecule has 116 valence electrons. The number of nitrogens with zero attached hydrogens (tertiary/aromatic N) is 1. The maximum Gasteiger partial charge on any atom is 0.345 e. The Labute approximate surface area is 134 Å². The molecule has 1 aliphatic rings. The number of ether oxygens (including phenoxy) is 2. The fraction of sp³-hybridized carbons (Fsp3) is 0.412. The van der Waals surface area contributed by atoms with Crippen LogP contribution in [0.5, 0.6) is 5.88 Å². The number of hydrogen-bond donors (Lipinski definition) is 0. The standard InChI is InChI=1S/C17H18ClNO3/c1-3-22-17(20)14-15(18)12-8-7-11(10-5-4-6-10)9-13(12)19-16(14)21-2/h7-10H,3-6H2,1-2H3. The summed E-state index contributed by atoms with van der Waals surface area (Å²) in [5, 5.41) is 1.08. The van der Waals surface area contributed by atoms with Crippen LogP contribution in [-0.4, -0.2) is 24.7 Å². The Morgan fingerprint density at radius 1 is 1.41 bits per heavy atom. The molecule has 0 spiro atoms. The largest absolute Gasteiger partial charge is 0.480 e. The van der Waals surface area contributed by atoms with Gasteiger partial charge in [-0.15, -0.1) is 0 Å². The molecular weight excluding hydrogens is 302 g/mol. The monoisotopic (exact) mass is 319 g/mol. The first kappa shape index (κ1) is 15.1. The van der Waals surface area contributed by atoms with Crippen molar-refractivity contribution in [3.8, 4) is 5.88 Å². The van der Waals surface area contributed by atoms with Crippen LogP contribution in [0.1, 0.15) is 48.0 Å². The van der Waals surface area contributed by atoms with E-state index in [4.69, 9.17) is 21.1 Å². The fourth-order valence-corrected chi connectivity index (χ4v) is 3.06. The van der Waals surface area contributed by atoms with E-state index in [1.54, 1.807) is 6.92 Å². The second kappa shape index (κ2) is 6.13. The molecule has 1 fully saturated rings. The molecule has 2 aromatic rings. The maximum atomic E-state index is 12.1. The van der Waals surface area contributed by atoms with Gasteiger partial charge >= 0.3 is 5.97 Å². The van der Waals surface area contributed by atoms with Crippen molar-refractivity contribution in [2.45, 2.75) is 32.1 Å². The summed E-state index contributed by atoms with van der Waals surface area (Å²) in [6.07, 6.45) is 3.72. The van der Waals surface area contributed by atoms with Crippen LogP contribution in [0.25, 0.3) is 10.9 Å². The fourth-order valence-electron chi connectivity index (χ4n) is 2.74. The average molecular weight is 320 g/mol. The maximum absolute atomic E-state index is 12.1. The van der Waals surface area contributed by atoms with E-state index in [0.29, 0.717) is 10.9 Å². The summed E-state index contributed by atoms with van der Waals surface area (Å²) < 4.78 is 10.3. The van der Waals surface area contributed by atoms with E-state index in [0.717, 1.165) is 10.9 Å². The van der Waals surface area contributed by atoms with Gasteiger partial charge in [-0.3, -0.25) is 0 Å². The molecule has 0 aliphatic heterocycles. The molecule has 0 bridgehead atoms. The number of halogens is 1. The van der Waals surface area contributed by atoms with E-state index in [1.807, 2.05) is 12.1 Å². The van der Waals surface area contributed by atoms with E-state index in [2.05, 4.69) is 11.1 Å². The molecule has 0 radical (unpaired) electrons. The van der Waals surface area contributed by atoms with E-state index < -0.39 is 5.97 Å². The van der Waals surface area contributed by atoms with Crippen molar-refractivity contribution in [3.05, 3.63) is 34.3 Å². The van der Waals surface area contributed by atoms with Crippen LogP contribution < -0.4 is 4.74 Å². The lowest BCUT2D eigenvalue weighted by molar-refractivity contribution is 0.0522. The Bertz CT molecular complexity index is 725. The number of carbonyl (C=O) groups excluding carboxylic acids is 1. The Balaban J connectivity index is 2.13. The number of methoxy groups -OCH3 is 1. The van der Waals surface area contributed by atoms with Crippen LogP contribution in [-0.2, 0) is 4.74 Å². The number of aromatic nitrogens is 1. The van der Waals surface area contributed by atoms with Gasteiger partial charge in [0.1, 0.15) is 5.56 Å². The van der Waals surface area contributed by atoms with Crippen molar-refractivity contribution in [3.63, 3.8) is 0 Å². The van der Waals surface area contributed by atoms with Gasteiger partial charge in [0, 0.05) is 5.39 Å². The molecule has 4 nitrogen and oxygen atoms in total. The van der Waals surface area contributed by atoms with Gasteiger partial charge in [-0.1, -0.05) is 30.2 Å². The first-order valence-corrected chi connectivity index (χ1v) is 7.87. The first-order valence-electron chi connectivity index (χ1n) is 7.50. The number of carbonyl (C=O) groups is 1. The smallest absolute Gasteiger partial charge is 0.345 e. The van der Waals surface area contributed by atoms with Gasteiger partial charge in [0.2, 0.25) is 5.88 Å². The minimum Gasteiger partial charge on any atom is -0.480 e. The molecule has 1 heterocycles.